The highest BCUT2D eigenvalue weighted by atomic mass is 19.1. The van der Waals surface area contributed by atoms with Crippen molar-refractivity contribution in [3.05, 3.63) is 35.6 Å². The summed E-state index contributed by atoms with van der Waals surface area (Å²) in [7, 11) is 0. The van der Waals surface area contributed by atoms with Crippen LogP contribution < -0.4 is 5.73 Å². The lowest BCUT2D eigenvalue weighted by Gasteiger charge is -2.26. The van der Waals surface area contributed by atoms with Crippen LogP contribution in [0.4, 0.5) is 4.39 Å². The van der Waals surface area contributed by atoms with Gasteiger partial charge < -0.3 is 10.5 Å². The Hall–Kier alpha value is -1.42. The Balaban J connectivity index is 1.70. The number of nitrogens with zero attached hydrogens (tertiary/aromatic N) is 1. The number of fused-ring (bicyclic) bond motifs is 1. The van der Waals surface area contributed by atoms with Gasteiger partial charge in [-0.05, 0) is 24.5 Å². The first-order valence-electron chi connectivity index (χ1n) is 6.44. The Morgan fingerprint density at radius 1 is 1.33 bits per heavy atom. The maximum absolute atomic E-state index is 13.5. The highest BCUT2D eigenvalue weighted by Gasteiger charge is 2.35. The van der Waals surface area contributed by atoms with E-state index in [-0.39, 0.29) is 24.0 Å². The van der Waals surface area contributed by atoms with Crippen LogP contribution in [-0.2, 0) is 11.2 Å². The van der Waals surface area contributed by atoms with Crippen molar-refractivity contribution in [1.29, 1.82) is 0 Å². The molecular weight excluding hydrogens is 231 g/mol. The van der Waals surface area contributed by atoms with Crippen molar-refractivity contribution in [2.24, 2.45) is 10.7 Å². The number of hydrogen-bond acceptors (Lipinski definition) is 3. The fourth-order valence-electron chi connectivity index (χ4n) is 2.70. The molecule has 2 N–H and O–H groups in total. The van der Waals surface area contributed by atoms with Crippen LogP contribution in [0, 0.1) is 5.82 Å². The summed E-state index contributed by atoms with van der Waals surface area (Å²) in [6.07, 6.45) is 3.38. The Bertz CT molecular complexity index is 475. The van der Waals surface area contributed by atoms with Gasteiger partial charge in [0.15, 0.2) is 5.90 Å². The van der Waals surface area contributed by atoms with Crippen LogP contribution >= 0.6 is 0 Å². The molecule has 3 rings (SSSR count). The third-order valence-corrected chi connectivity index (χ3v) is 3.69. The Morgan fingerprint density at radius 2 is 2.17 bits per heavy atom. The molecule has 1 aliphatic heterocycles. The molecule has 1 aliphatic carbocycles. The molecule has 3 atom stereocenters. The normalized spacial score (nSPS) is 30.6. The van der Waals surface area contributed by atoms with Crippen LogP contribution in [0.2, 0.25) is 0 Å². The fraction of sp³-hybridized carbons (Fsp3) is 0.500. The molecule has 96 valence electrons. The van der Waals surface area contributed by atoms with Gasteiger partial charge in [-0.15, -0.1) is 0 Å². The SMILES string of the molecule is NC1CCC2N=C(Cc3ccccc3F)OC2C1. The van der Waals surface area contributed by atoms with E-state index in [1.165, 1.54) is 6.07 Å². The quantitative estimate of drug-likeness (QED) is 0.870. The van der Waals surface area contributed by atoms with Crippen LogP contribution in [0.1, 0.15) is 24.8 Å². The zero-order chi connectivity index (χ0) is 12.5. The van der Waals surface area contributed by atoms with E-state index in [0.29, 0.717) is 17.9 Å². The Kier molecular flexibility index (Phi) is 3.04. The van der Waals surface area contributed by atoms with Gasteiger partial charge in [0.1, 0.15) is 11.9 Å². The van der Waals surface area contributed by atoms with E-state index >= 15 is 0 Å². The van der Waals surface area contributed by atoms with E-state index in [9.17, 15) is 4.39 Å². The van der Waals surface area contributed by atoms with Crippen LogP contribution in [0.25, 0.3) is 0 Å². The summed E-state index contributed by atoms with van der Waals surface area (Å²) in [5, 5.41) is 0. The number of ether oxygens (including phenoxy) is 1. The van der Waals surface area contributed by atoms with Gasteiger partial charge in [0, 0.05) is 12.5 Å². The van der Waals surface area contributed by atoms with E-state index in [4.69, 9.17) is 10.5 Å². The standard InChI is InChI=1S/C14H17FN2O/c15-11-4-2-1-3-9(11)7-14-17-12-6-5-10(16)8-13(12)18-14/h1-4,10,12-13H,5-8,16H2. The number of halogens is 1. The second-order valence-electron chi connectivity index (χ2n) is 5.09. The average Bonchev–Trinajstić information content (AvgIpc) is 2.73. The third kappa shape index (κ3) is 2.25. The van der Waals surface area contributed by atoms with Gasteiger partial charge in [-0.3, -0.25) is 0 Å². The molecule has 0 aromatic heterocycles. The highest BCUT2D eigenvalue weighted by Crippen LogP contribution is 2.29. The topological polar surface area (TPSA) is 47.6 Å². The maximum Gasteiger partial charge on any atom is 0.188 e. The van der Waals surface area contributed by atoms with Crippen molar-refractivity contribution in [2.75, 3.05) is 0 Å². The summed E-state index contributed by atoms with van der Waals surface area (Å²) >= 11 is 0. The van der Waals surface area contributed by atoms with Crippen LogP contribution in [0.3, 0.4) is 0 Å². The molecule has 18 heavy (non-hydrogen) atoms. The Morgan fingerprint density at radius 3 is 3.00 bits per heavy atom. The van der Waals surface area contributed by atoms with Gasteiger partial charge in [-0.25, -0.2) is 9.38 Å². The first-order chi connectivity index (χ1) is 8.72. The summed E-state index contributed by atoms with van der Waals surface area (Å²) in [5.41, 5.74) is 6.56. The minimum absolute atomic E-state index is 0.107. The monoisotopic (exact) mass is 248 g/mol. The first-order valence-corrected chi connectivity index (χ1v) is 6.44. The summed E-state index contributed by atoms with van der Waals surface area (Å²) in [6, 6.07) is 7.20. The van der Waals surface area contributed by atoms with Gasteiger partial charge in [0.25, 0.3) is 0 Å². The van der Waals surface area contributed by atoms with Crippen molar-refractivity contribution in [3.63, 3.8) is 0 Å². The molecule has 0 spiro atoms. The molecule has 3 unspecified atom stereocenters. The predicted octanol–water partition coefficient (Wildman–Crippen LogP) is 2.05. The largest absolute Gasteiger partial charge is 0.475 e. The molecule has 0 radical (unpaired) electrons. The van der Waals surface area contributed by atoms with Gasteiger partial charge in [-0.2, -0.15) is 0 Å². The fourth-order valence-corrected chi connectivity index (χ4v) is 2.70. The minimum atomic E-state index is -0.199. The lowest BCUT2D eigenvalue weighted by atomic mass is 9.90. The maximum atomic E-state index is 13.5. The third-order valence-electron chi connectivity index (χ3n) is 3.69. The molecule has 1 aromatic rings. The number of rotatable bonds is 2. The molecule has 4 heteroatoms. The van der Waals surface area contributed by atoms with E-state index in [1.807, 2.05) is 6.07 Å². The lowest BCUT2D eigenvalue weighted by Crippen LogP contribution is -2.38. The highest BCUT2D eigenvalue weighted by molar-refractivity contribution is 5.80. The van der Waals surface area contributed by atoms with E-state index < -0.39 is 0 Å². The van der Waals surface area contributed by atoms with Crippen molar-refractivity contribution in [3.8, 4) is 0 Å². The molecular formula is C14H17FN2O. The van der Waals surface area contributed by atoms with E-state index in [2.05, 4.69) is 4.99 Å². The van der Waals surface area contributed by atoms with Crippen molar-refractivity contribution >= 4 is 5.90 Å². The Labute approximate surface area is 106 Å². The van der Waals surface area contributed by atoms with Gasteiger partial charge in [0.2, 0.25) is 0 Å². The van der Waals surface area contributed by atoms with Gasteiger partial charge in [0.05, 0.1) is 12.5 Å². The van der Waals surface area contributed by atoms with Crippen molar-refractivity contribution in [2.45, 2.75) is 43.9 Å². The summed E-state index contributed by atoms with van der Waals surface area (Å²) < 4.78 is 19.3. The molecule has 0 saturated heterocycles. The summed E-state index contributed by atoms with van der Waals surface area (Å²) in [5.74, 6) is 0.458. The van der Waals surface area contributed by atoms with Crippen LogP contribution in [0.5, 0.6) is 0 Å². The molecule has 1 heterocycles. The number of benzene rings is 1. The first kappa shape index (κ1) is 11.7. The second kappa shape index (κ2) is 4.69. The smallest absolute Gasteiger partial charge is 0.188 e. The van der Waals surface area contributed by atoms with Crippen molar-refractivity contribution < 1.29 is 9.13 Å². The number of hydrogen-bond donors (Lipinski definition) is 1. The molecule has 2 aliphatic rings. The second-order valence-corrected chi connectivity index (χ2v) is 5.09. The zero-order valence-electron chi connectivity index (χ0n) is 10.2. The van der Waals surface area contributed by atoms with Gasteiger partial charge >= 0.3 is 0 Å². The molecule has 1 saturated carbocycles. The van der Waals surface area contributed by atoms with E-state index in [1.54, 1.807) is 12.1 Å². The zero-order valence-corrected chi connectivity index (χ0v) is 10.2. The van der Waals surface area contributed by atoms with Gasteiger partial charge in [-0.1, -0.05) is 18.2 Å². The summed E-state index contributed by atoms with van der Waals surface area (Å²) in [6.45, 7) is 0. The number of nitrogens with two attached hydrogens (primary N) is 1. The average molecular weight is 248 g/mol. The predicted molar refractivity (Wildman–Crippen MR) is 68.0 cm³/mol. The molecule has 1 aromatic carbocycles. The molecule has 3 nitrogen and oxygen atoms in total. The number of aliphatic imine (C=N–C) groups is 1. The minimum Gasteiger partial charge on any atom is -0.475 e. The van der Waals surface area contributed by atoms with Crippen LogP contribution in [0.15, 0.2) is 29.3 Å². The van der Waals surface area contributed by atoms with Crippen molar-refractivity contribution in [1.82, 2.24) is 0 Å². The lowest BCUT2D eigenvalue weighted by molar-refractivity contribution is 0.139. The summed E-state index contributed by atoms with van der Waals surface area (Å²) in [4.78, 5) is 4.55. The van der Waals surface area contributed by atoms with E-state index in [0.717, 1.165) is 19.3 Å². The molecule has 0 amide bonds. The van der Waals surface area contributed by atoms with Crippen LogP contribution in [-0.4, -0.2) is 24.1 Å². The molecule has 0 bridgehead atoms. The molecule has 1 fully saturated rings.